The topological polar surface area (TPSA) is 55.4 Å². The Kier molecular flexibility index (Phi) is 4.98. The van der Waals surface area contributed by atoms with E-state index in [4.69, 9.17) is 4.74 Å². The third kappa shape index (κ3) is 3.65. The number of halogens is 2. The molecule has 4 nitrogen and oxygen atoms in total. The van der Waals surface area contributed by atoms with E-state index in [0.717, 1.165) is 12.1 Å². The summed E-state index contributed by atoms with van der Waals surface area (Å²) in [6.45, 7) is 3.10. The van der Waals surface area contributed by atoms with E-state index in [9.17, 15) is 18.4 Å². The minimum atomic E-state index is -1.03. The maximum atomic E-state index is 13.3. The number of hydrogen-bond acceptors (Lipinski definition) is 3. The second-order valence-electron chi connectivity index (χ2n) is 3.31. The van der Waals surface area contributed by atoms with Gasteiger partial charge in [-0.2, -0.15) is 0 Å². The summed E-state index contributed by atoms with van der Waals surface area (Å²) >= 11 is 0. The molecule has 0 radical (unpaired) electrons. The average Bonchev–Trinajstić information content (AvgIpc) is 2.34. The molecule has 0 heterocycles. The summed E-state index contributed by atoms with van der Waals surface area (Å²) in [7, 11) is 0. The highest BCUT2D eigenvalue weighted by Gasteiger charge is 2.13. The number of carbonyl (C=O) groups excluding carboxylic acids is 2. The van der Waals surface area contributed by atoms with E-state index >= 15 is 0 Å². The van der Waals surface area contributed by atoms with Crippen molar-refractivity contribution < 1.29 is 23.1 Å². The van der Waals surface area contributed by atoms with Crippen LogP contribution in [0.2, 0.25) is 0 Å². The largest absolute Gasteiger partial charge is 0.478 e. The molecule has 96 valence electrons. The minimum Gasteiger partial charge on any atom is -0.478 e. The van der Waals surface area contributed by atoms with Gasteiger partial charge in [-0.25, -0.2) is 8.78 Å². The summed E-state index contributed by atoms with van der Waals surface area (Å²) in [6.07, 6.45) is 1.77. The van der Waals surface area contributed by atoms with Crippen LogP contribution in [0.5, 0.6) is 5.75 Å². The Labute approximate surface area is 102 Å². The molecule has 0 aliphatic carbocycles. The number of benzene rings is 1. The summed E-state index contributed by atoms with van der Waals surface area (Å²) in [6, 6.07) is 1.65. The summed E-state index contributed by atoms with van der Waals surface area (Å²) in [4.78, 5) is 21.5. The van der Waals surface area contributed by atoms with Gasteiger partial charge in [-0.15, -0.1) is 6.58 Å². The maximum absolute atomic E-state index is 13.3. The molecule has 18 heavy (non-hydrogen) atoms. The zero-order valence-corrected chi connectivity index (χ0v) is 9.41. The van der Waals surface area contributed by atoms with Crippen LogP contribution in [0.4, 0.5) is 8.78 Å². The van der Waals surface area contributed by atoms with Gasteiger partial charge < -0.3 is 10.1 Å². The van der Waals surface area contributed by atoms with Gasteiger partial charge in [0.05, 0.1) is 0 Å². The predicted molar refractivity (Wildman–Crippen MR) is 60.4 cm³/mol. The summed E-state index contributed by atoms with van der Waals surface area (Å²) in [5.74, 6) is -3.29. The Hall–Kier alpha value is -2.24. The standard InChI is InChI=1S/C12H11F2NO3/c1-2-3-15-11(17)7-18-12-9(13)4-8(6-16)5-10(12)14/h2,4-6H,1,3,7H2,(H,15,17). The minimum absolute atomic E-state index is 0.145. The normalized spacial score (nSPS) is 9.67. The van der Waals surface area contributed by atoms with Crippen LogP contribution in [0.15, 0.2) is 24.8 Å². The molecule has 0 saturated carbocycles. The van der Waals surface area contributed by atoms with E-state index in [1.54, 1.807) is 0 Å². The van der Waals surface area contributed by atoms with Gasteiger partial charge in [-0.05, 0) is 12.1 Å². The molecule has 1 aromatic rings. The maximum Gasteiger partial charge on any atom is 0.258 e. The van der Waals surface area contributed by atoms with Crippen molar-refractivity contribution in [1.29, 1.82) is 0 Å². The number of nitrogens with one attached hydrogen (secondary N) is 1. The third-order valence-electron chi connectivity index (χ3n) is 1.95. The van der Waals surface area contributed by atoms with Crippen LogP contribution in [-0.2, 0) is 4.79 Å². The Bertz CT molecular complexity index is 451. The SMILES string of the molecule is C=CCNC(=O)COc1c(F)cc(C=O)cc1F. The van der Waals surface area contributed by atoms with Crippen LogP contribution in [0.3, 0.4) is 0 Å². The second-order valence-corrected chi connectivity index (χ2v) is 3.31. The molecule has 0 spiro atoms. The van der Waals surface area contributed by atoms with Crippen LogP contribution in [0.25, 0.3) is 0 Å². The van der Waals surface area contributed by atoms with Crippen molar-refractivity contribution >= 4 is 12.2 Å². The van der Waals surface area contributed by atoms with Gasteiger partial charge in [-0.3, -0.25) is 9.59 Å². The number of rotatable bonds is 6. The van der Waals surface area contributed by atoms with Crippen molar-refractivity contribution in [1.82, 2.24) is 5.32 Å². The van der Waals surface area contributed by atoms with E-state index in [-0.39, 0.29) is 12.1 Å². The van der Waals surface area contributed by atoms with Crippen molar-refractivity contribution in [2.45, 2.75) is 0 Å². The van der Waals surface area contributed by atoms with Crippen LogP contribution in [-0.4, -0.2) is 25.3 Å². The average molecular weight is 255 g/mol. The van der Waals surface area contributed by atoms with E-state index in [0.29, 0.717) is 6.29 Å². The zero-order valence-electron chi connectivity index (χ0n) is 9.41. The molecule has 0 unspecified atom stereocenters. The third-order valence-corrected chi connectivity index (χ3v) is 1.95. The van der Waals surface area contributed by atoms with E-state index in [1.165, 1.54) is 6.08 Å². The first-order valence-corrected chi connectivity index (χ1v) is 5.03. The Morgan fingerprint density at radius 1 is 1.39 bits per heavy atom. The summed E-state index contributed by atoms with van der Waals surface area (Å²) < 4.78 is 31.4. The first kappa shape index (κ1) is 13.8. The lowest BCUT2D eigenvalue weighted by Gasteiger charge is -2.08. The van der Waals surface area contributed by atoms with Crippen LogP contribution >= 0.6 is 0 Å². The molecule has 0 fully saturated rings. The molecular formula is C12H11F2NO3. The molecule has 6 heteroatoms. The zero-order chi connectivity index (χ0) is 13.5. The fourth-order valence-electron chi connectivity index (χ4n) is 1.16. The highest BCUT2D eigenvalue weighted by molar-refractivity contribution is 5.78. The lowest BCUT2D eigenvalue weighted by molar-refractivity contribution is -0.122. The van der Waals surface area contributed by atoms with Gasteiger partial charge in [0, 0.05) is 12.1 Å². The Morgan fingerprint density at radius 2 is 2.00 bits per heavy atom. The van der Waals surface area contributed by atoms with Crippen molar-refractivity contribution in [3.8, 4) is 5.75 Å². The Morgan fingerprint density at radius 3 is 2.50 bits per heavy atom. The van der Waals surface area contributed by atoms with E-state index in [1.807, 2.05) is 0 Å². The molecule has 0 aliphatic rings. The second kappa shape index (κ2) is 6.48. The fraction of sp³-hybridized carbons (Fsp3) is 0.167. The molecule has 0 aromatic heterocycles. The molecule has 1 aromatic carbocycles. The van der Waals surface area contributed by atoms with Gasteiger partial charge in [0.15, 0.2) is 24.0 Å². The molecule has 1 N–H and O–H groups in total. The van der Waals surface area contributed by atoms with Crippen molar-refractivity contribution in [2.75, 3.05) is 13.2 Å². The van der Waals surface area contributed by atoms with Crippen molar-refractivity contribution in [3.05, 3.63) is 42.0 Å². The van der Waals surface area contributed by atoms with Gasteiger partial charge in [0.25, 0.3) is 5.91 Å². The number of amides is 1. The monoisotopic (exact) mass is 255 g/mol. The van der Waals surface area contributed by atoms with Gasteiger partial charge in [0.2, 0.25) is 0 Å². The first-order valence-electron chi connectivity index (χ1n) is 5.03. The molecule has 1 amide bonds. The van der Waals surface area contributed by atoms with Gasteiger partial charge in [0.1, 0.15) is 6.29 Å². The van der Waals surface area contributed by atoms with Crippen molar-refractivity contribution in [2.24, 2.45) is 0 Å². The fourth-order valence-corrected chi connectivity index (χ4v) is 1.16. The number of carbonyl (C=O) groups is 2. The van der Waals surface area contributed by atoms with Crippen LogP contribution in [0.1, 0.15) is 10.4 Å². The quantitative estimate of drug-likeness (QED) is 0.618. The summed E-state index contributed by atoms with van der Waals surface area (Å²) in [5, 5.41) is 2.38. The molecule has 1 rings (SSSR count). The number of hydrogen-bond donors (Lipinski definition) is 1. The highest BCUT2D eigenvalue weighted by Crippen LogP contribution is 2.22. The number of aldehydes is 1. The molecule has 0 saturated heterocycles. The smallest absolute Gasteiger partial charge is 0.258 e. The van der Waals surface area contributed by atoms with E-state index < -0.39 is 29.9 Å². The number of ether oxygens (including phenoxy) is 1. The molecule has 0 aliphatic heterocycles. The van der Waals surface area contributed by atoms with Gasteiger partial charge >= 0.3 is 0 Å². The lowest BCUT2D eigenvalue weighted by Crippen LogP contribution is -2.29. The van der Waals surface area contributed by atoms with Crippen LogP contribution < -0.4 is 10.1 Å². The molecule has 0 atom stereocenters. The Balaban J connectivity index is 2.70. The molecular weight excluding hydrogens is 244 g/mol. The van der Waals surface area contributed by atoms with Crippen LogP contribution in [0, 0.1) is 11.6 Å². The molecule has 0 bridgehead atoms. The van der Waals surface area contributed by atoms with Crippen molar-refractivity contribution in [3.63, 3.8) is 0 Å². The predicted octanol–water partition coefficient (Wildman–Crippen LogP) is 1.46. The summed E-state index contributed by atoms with van der Waals surface area (Å²) in [5.41, 5.74) is -0.145. The highest BCUT2D eigenvalue weighted by atomic mass is 19.1. The lowest BCUT2D eigenvalue weighted by atomic mass is 10.2. The van der Waals surface area contributed by atoms with E-state index in [2.05, 4.69) is 11.9 Å². The van der Waals surface area contributed by atoms with Gasteiger partial charge in [-0.1, -0.05) is 6.08 Å². The first-order chi connectivity index (χ1) is 8.58.